The summed E-state index contributed by atoms with van der Waals surface area (Å²) in [5.74, 6) is 0.586. The van der Waals surface area contributed by atoms with Crippen molar-refractivity contribution in [2.75, 3.05) is 20.9 Å². The molecule has 2 aromatic carbocycles. The summed E-state index contributed by atoms with van der Waals surface area (Å²) < 4.78 is 45.1. The second-order valence-corrected chi connectivity index (χ2v) is 10.8. The van der Waals surface area contributed by atoms with Crippen LogP contribution in [0.1, 0.15) is 37.6 Å². The lowest BCUT2D eigenvalue weighted by molar-refractivity contribution is -0.137. The highest BCUT2D eigenvalue weighted by molar-refractivity contribution is 6.31. The van der Waals surface area contributed by atoms with Crippen molar-refractivity contribution in [3.63, 3.8) is 0 Å². The first-order chi connectivity index (χ1) is 20.1. The van der Waals surface area contributed by atoms with Gasteiger partial charge in [-0.15, -0.1) is 0 Å². The van der Waals surface area contributed by atoms with E-state index in [2.05, 4.69) is 36.1 Å². The Bertz CT molecular complexity index is 1650. The maximum absolute atomic E-state index is 13.2. The van der Waals surface area contributed by atoms with Gasteiger partial charge in [0.05, 0.1) is 10.6 Å². The topological polar surface area (TPSA) is 137 Å². The molecule has 0 aliphatic heterocycles. The molecule has 0 atom stereocenters. The first-order valence-electron chi connectivity index (χ1n) is 12.8. The SMILES string of the molecule is Cc1cc(N(C(=O)OC(C)(C)C)c2ccnc(Nc3cc(NC(=O)Nc4ccc(Cl)c(C(F)(F)F)c4)ccc3C)n2)n[nH]1. The van der Waals surface area contributed by atoms with E-state index in [0.29, 0.717) is 11.4 Å². The Balaban J connectivity index is 1.53. The minimum Gasteiger partial charge on any atom is -0.443 e. The van der Waals surface area contributed by atoms with E-state index in [0.717, 1.165) is 23.4 Å². The first-order valence-corrected chi connectivity index (χ1v) is 13.2. The maximum atomic E-state index is 13.2. The van der Waals surface area contributed by atoms with Gasteiger partial charge in [-0.2, -0.15) is 23.3 Å². The molecular formula is C28H28ClF3N8O3. The zero-order valence-corrected chi connectivity index (χ0v) is 24.5. The van der Waals surface area contributed by atoms with Crippen molar-refractivity contribution in [2.24, 2.45) is 0 Å². The van der Waals surface area contributed by atoms with E-state index in [9.17, 15) is 22.8 Å². The molecule has 15 heteroatoms. The molecule has 0 aliphatic rings. The second kappa shape index (κ2) is 12.2. The number of rotatable bonds is 6. The number of urea groups is 1. The Morgan fingerprint density at radius 3 is 2.26 bits per heavy atom. The van der Waals surface area contributed by atoms with Gasteiger partial charge >= 0.3 is 18.3 Å². The molecule has 11 nitrogen and oxygen atoms in total. The summed E-state index contributed by atoms with van der Waals surface area (Å²) in [6.45, 7) is 8.82. The smallest absolute Gasteiger partial charge is 0.422 e. The van der Waals surface area contributed by atoms with Crippen molar-refractivity contribution in [1.29, 1.82) is 0 Å². The molecule has 4 rings (SSSR count). The normalized spacial score (nSPS) is 11.6. The molecule has 0 saturated carbocycles. The number of carbonyl (C=O) groups is 2. The van der Waals surface area contributed by atoms with Crippen LogP contribution in [-0.4, -0.2) is 37.9 Å². The Kier molecular flexibility index (Phi) is 8.80. The molecule has 4 aromatic rings. The molecule has 2 aromatic heterocycles. The molecule has 0 saturated heterocycles. The molecule has 43 heavy (non-hydrogen) atoms. The van der Waals surface area contributed by atoms with Crippen molar-refractivity contribution < 1.29 is 27.5 Å². The summed E-state index contributed by atoms with van der Waals surface area (Å²) >= 11 is 5.65. The molecular weight excluding hydrogens is 589 g/mol. The fourth-order valence-electron chi connectivity index (χ4n) is 3.73. The highest BCUT2D eigenvalue weighted by atomic mass is 35.5. The number of nitrogens with one attached hydrogen (secondary N) is 4. The number of aromatic amines is 1. The van der Waals surface area contributed by atoms with Crippen LogP contribution in [0.5, 0.6) is 0 Å². The van der Waals surface area contributed by atoms with Gasteiger partial charge in [-0.1, -0.05) is 17.7 Å². The predicted octanol–water partition coefficient (Wildman–Crippen LogP) is 7.95. The number of benzene rings is 2. The molecule has 0 radical (unpaired) electrons. The molecule has 0 unspecified atom stereocenters. The van der Waals surface area contributed by atoms with E-state index < -0.39 is 34.5 Å². The van der Waals surface area contributed by atoms with Crippen LogP contribution in [0.3, 0.4) is 0 Å². The van der Waals surface area contributed by atoms with Gasteiger partial charge in [-0.05, 0) is 70.5 Å². The van der Waals surface area contributed by atoms with Gasteiger partial charge in [-0.3, -0.25) is 5.10 Å². The number of halogens is 4. The van der Waals surface area contributed by atoms with Crippen molar-refractivity contribution in [2.45, 2.75) is 46.4 Å². The van der Waals surface area contributed by atoms with E-state index in [1.807, 2.05) is 6.92 Å². The number of hydrogen-bond acceptors (Lipinski definition) is 7. The lowest BCUT2D eigenvalue weighted by Gasteiger charge is -2.25. The minimum atomic E-state index is -4.68. The van der Waals surface area contributed by atoms with Gasteiger partial charge in [0.1, 0.15) is 11.4 Å². The molecule has 2 heterocycles. The molecule has 0 bridgehead atoms. The summed E-state index contributed by atoms with van der Waals surface area (Å²) in [6, 6.07) is 10.4. The number of ether oxygens (including phenoxy) is 1. The summed E-state index contributed by atoms with van der Waals surface area (Å²) in [6.07, 6.45) is -3.92. The third kappa shape index (κ3) is 8.13. The Labute approximate surface area is 249 Å². The molecule has 4 N–H and O–H groups in total. The van der Waals surface area contributed by atoms with Crippen LogP contribution in [0.25, 0.3) is 0 Å². The lowest BCUT2D eigenvalue weighted by atomic mass is 10.2. The van der Waals surface area contributed by atoms with Crippen molar-refractivity contribution >= 4 is 58.4 Å². The highest BCUT2D eigenvalue weighted by Gasteiger charge is 2.33. The summed E-state index contributed by atoms with van der Waals surface area (Å²) in [4.78, 5) is 35.6. The zero-order chi connectivity index (χ0) is 31.5. The standard InChI is InChI=1S/C28H28ClF3N8O3/c1-15-6-7-18(35-25(41)34-17-8-9-20(29)19(13-17)28(30,31)32)14-21(15)36-24-33-11-10-22(37-24)40(23-12-16(2)38-39-23)26(42)43-27(3,4)5/h6-14H,1-5H3,(H,38,39)(H,33,36,37)(H2,34,35,41). The predicted molar refractivity (Wildman–Crippen MR) is 157 cm³/mol. The van der Waals surface area contributed by atoms with Gasteiger partial charge in [0.25, 0.3) is 0 Å². The van der Waals surface area contributed by atoms with Crippen molar-refractivity contribution in [1.82, 2.24) is 20.2 Å². The van der Waals surface area contributed by atoms with Crippen LogP contribution in [0, 0.1) is 13.8 Å². The van der Waals surface area contributed by atoms with Crippen LogP contribution in [0.15, 0.2) is 54.7 Å². The summed E-state index contributed by atoms with van der Waals surface area (Å²) in [5, 5.41) is 14.5. The van der Waals surface area contributed by atoms with Crippen LogP contribution in [0.2, 0.25) is 5.02 Å². The second-order valence-electron chi connectivity index (χ2n) is 10.4. The molecule has 0 fully saturated rings. The van der Waals surface area contributed by atoms with E-state index in [-0.39, 0.29) is 23.3 Å². The number of anilines is 6. The van der Waals surface area contributed by atoms with Crippen molar-refractivity contribution in [3.05, 3.63) is 76.6 Å². The van der Waals surface area contributed by atoms with E-state index in [1.165, 1.54) is 23.2 Å². The number of nitrogens with zero attached hydrogens (tertiary/aromatic N) is 4. The number of alkyl halides is 3. The number of aryl methyl sites for hydroxylation is 2. The highest BCUT2D eigenvalue weighted by Crippen LogP contribution is 2.36. The monoisotopic (exact) mass is 616 g/mol. The van der Waals surface area contributed by atoms with Crippen LogP contribution >= 0.6 is 11.6 Å². The van der Waals surface area contributed by atoms with Gasteiger partial charge in [0, 0.05) is 41.1 Å². The first kappa shape index (κ1) is 31.1. The number of carbonyl (C=O) groups excluding carboxylic acids is 2. The Morgan fingerprint density at radius 1 is 0.953 bits per heavy atom. The Morgan fingerprint density at radius 2 is 1.63 bits per heavy atom. The number of H-pyrrole nitrogens is 1. The maximum Gasteiger partial charge on any atom is 0.422 e. The van der Waals surface area contributed by atoms with Crippen LogP contribution < -0.4 is 20.9 Å². The quantitative estimate of drug-likeness (QED) is 0.172. The van der Waals surface area contributed by atoms with Gasteiger partial charge in [0.15, 0.2) is 5.82 Å². The van der Waals surface area contributed by atoms with Gasteiger partial charge in [-0.25, -0.2) is 19.5 Å². The fourth-order valence-corrected chi connectivity index (χ4v) is 3.96. The average molecular weight is 617 g/mol. The molecule has 226 valence electrons. The van der Waals surface area contributed by atoms with Crippen LogP contribution in [0.4, 0.5) is 57.4 Å². The number of aromatic nitrogens is 4. The van der Waals surface area contributed by atoms with Crippen LogP contribution in [-0.2, 0) is 10.9 Å². The molecule has 0 spiro atoms. The summed E-state index contributed by atoms with van der Waals surface area (Å²) in [7, 11) is 0. The van der Waals surface area contributed by atoms with Gasteiger partial charge < -0.3 is 20.7 Å². The zero-order valence-electron chi connectivity index (χ0n) is 23.7. The van der Waals surface area contributed by atoms with E-state index in [4.69, 9.17) is 16.3 Å². The van der Waals surface area contributed by atoms with Gasteiger partial charge in [0.2, 0.25) is 5.95 Å². The minimum absolute atomic E-state index is 0.0912. The summed E-state index contributed by atoms with van der Waals surface area (Å²) in [5.41, 5.74) is 0.389. The molecule has 0 aliphatic carbocycles. The van der Waals surface area contributed by atoms with Crippen molar-refractivity contribution in [3.8, 4) is 0 Å². The average Bonchev–Trinajstić information content (AvgIpc) is 3.31. The largest absolute Gasteiger partial charge is 0.443 e. The molecule has 3 amide bonds. The third-order valence-electron chi connectivity index (χ3n) is 5.64. The number of hydrogen-bond donors (Lipinski definition) is 4. The van der Waals surface area contributed by atoms with E-state index in [1.54, 1.807) is 52.0 Å². The fraction of sp³-hybridized carbons (Fsp3) is 0.250. The Hall–Kier alpha value is -4.85. The lowest BCUT2D eigenvalue weighted by Crippen LogP contribution is -2.34. The third-order valence-corrected chi connectivity index (χ3v) is 5.97. The number of amides is 3. The van der Waals surface area contributed by atoms with E-state index >= 15 is 0 Å².